The zero-order valence-electron chi connectivity index (χ0n) is 13.9. The lowest BCUT2D eigenvalue weighted by molar-refractivity contribution is 0.439. The molecule has 0 unspecified atom stereocenters. The molecule has 6 heteroatoms. The molecule has 132 valence electrons. The lowest BCUT2D eigenvalue weighted by Gasteiger charge is -2.11. The largest absolute Gasteiger partial charge is 0.453 e. The Kier molecular flexibility index (Phi) is 5.98. The molecule has 0 amide bonds. The van der Waals surface area contributed by atoms with Crippen LogP contribution < -0.4 is 4.74 Å². The number of nitriles is 2. The average molecular weight is 395 g/mol. The maximum Gasteiger partial charge on any atom is 0.180 e. The zero-order valence-corrected chi connectivity index (χ0v) is 15.5. The van der Waals surface area contributed by atoms with Crippen LogP contribution in [0.4, 0.5) is 4.39 Å². The number of hydrogen-bond acceptors (Lipinski definition) is 4. The highest BCUT2D eigenvalue weighted by Gasteiger charge is 2.15. The second-order valence-electron chi connectivity index (χ2n) is 5.52. The van der Waals surface area contributed by atoms with E-state index in [1.807, 2.05) is 42.5 Å². The average Bonchev–Trinajstić information content (AvgIpc) is 2.69. The van der Waals surface area contributed by atoms with E-state index in [0.717, 1.165) is 5.56 Å². The second-order valence-corrected chi connectivity index (χ2v) is 6.98. The summed E-state index contributed by atoms with van der Waals surface area (Å²) in [5.41, 5.74) is 1.48. The highest BCUT2D eigenvalue weighted by atomic mass is 35.5. The van der Waals surface area contributed by atoms with Gasteiger partial charge in [-0.15, -0.1) is 11.8 Å². The van der Waals surface area contributed by atoms with E-state index in [1.165, 1.54) is 36.0 Å². The summed E-state index contributed by atoms with van der Waals surface area (Å²) in [6, 6.07) is 21.0. The molecular weight excluding hydrogens is 383 g/mol. The summed E-state index contributed by atoms with van der Waals surface area (Å²) in [7, 11) is 0. The predicted octanol–water partition coefficient (Wildman–Crippen LogP) is 6.31. The van der Waals surface area contributed by atoms with Gasteiger partial charge in [-0.05, 0) is 29.8 Å². The van der Waals surface area contributed by atoms with Gasteiger partial charge in [-0.1, -0.05) is 41.9 Å². The van der Waals surface area contributed by atoms with Gasteiger partial charge in [0.15, 0.2) is 11.6 Å². The third kappa shape index (κ3) is 4.60. The molecule has 3 nitrogen and oxygen atoms in total. The quantitative estimate of drug-likeness (QED) is 0.476. The minimum Gasteiger partial charge on any atom is -0.453 e. The molecule has 0 bridgehead atoms. The molecule has 0 aliphatic rings. The maximum absolute atomic E-state index is 14.6. The standard InChI is InChI=1S/C21H12ClFN2OS/c22-19-9-17(7-6-15(19)11-24)26-21-16(12-25)8-18(10-20(21)23)27-13-14-4-2-1-3-5-14/h1-10H,13H2. The lowest BCUT2D eigenvalue weighted by Crippen LogP contribution is -1.94. The van der Waals surface area contributed by atoms with Gasteiger partial charge in [0, 0.05) is 16.7 Å². The Morgan fingerprint density at radius 2 is 1.70 bits per heavy atom. The first-order valence-corrected chi connectivity index (χ1v) is 9.25. The molecule has 0 N–H and O–H groups in total. The van der Waals surface area contributed by atoms with Gasteiger partial charge in [-0.2, -0.15) is 10.5 Å². The fourth-order valence-corrected chi connectivity index (χ4v) is 3.47. The molecule has 0 heterocycles. The van der Waals surface area contributed by atoms with Crippen LogP contribution in [-0.4, -0.2) is 0 Å². The number of rotatable bonds is 5. The molecule has 0 atom stereocenters. The summed E-state index contributed by atoms with van der Waals surface area (Å²) in [4.78, 5) is 0.637. The highest BCUT2D eigenvalue weighted by Crippen LogP contribution is 2.34. The van der Waals surface area contributed by atoms with Crippen molar-refractivity contribution in [1.29, 1.82) is 10.5 Å². The Balaban J connectivity index is 1.83. The van der Waals surface area contributed by atoms with E-state index >= 15 is 0 Å². The summed E-state index contributed by atoms with van der Waals surface area (Å²) in [5, 5.41) is 18.5. The molecule has 0 saturated carbocycles. The summed E-state index contributed by atoms with van der Waals surface area (Å²) in [6.07, 6.45) is 0. The van der Waals surface area contributed by atoms with Crippen LogP contribution in [0.25, 0.3) is 0 Å². The molecule has 3 aromatic carbocycles. The second kappa shape index (κ2) is 8.60. The van der Waals surface area contributed by atoms with E-state index in [-0.39, 0.29) is 27.6 Å². The number of nitrogens with zero attached hydrogens (tertiary/aromatic N) is 2. The Morgan fingerprint density at radius 3 is 2.37 bits per heavy atom. The Hall–Kier alpha value is -2.99. The fraction of sp³-hybridized carbons (Fsp3) is 0.0476. The number of benzene rings is 3. The molecule has 0 saturated heterocycles. The van der Waals surface area contributed by atoms with Crippen molar-refractivity contribution in [2.24, 2.45) is 0 Å². The minimum atomic E-state index is -0.634. The van der Waals surface area contributed by atoms with Crippen molar-refractivity contribution in [3.8, 4) is 23.6 Å². The van der Waals surface area contributed by atoms with Crippen molar-refractivity contribution in [2.45, 2.75) is 10.6 Å². The van der Waals surface area contributed by atoms with Crippen LogP contribution in [-0.2, 0) is 5.75 Å². The summed E-state index contributed by atoms with van der Waals surface area (Å²) in [5.74, 6) is 0.114. The zero-order chi connectivity index (χ0) is 19.2. The first-order valence-electron chi connectivity index (χ1n) is 7.88. The van der Waals surface area contributed by atoms with Crippen LogP contribution in [0.3, 0.4) is 0 Å². The van der Waals surface area contributed by atoms with Crippen LogP contribution in [0.15, 0.2) is 65.6 Å². The smallest absolute Gasteiger partial charge is 0.180 e. The number of thioether (sulfide) groups is 1. The van der Waals surface area contributed by atoms with Gasteiger partial charge >= 0.3 is 0 Å². The first-order chi connectivity index (χ1) is 13.1. The van der Waals surface area contributed by atoms with E-state index in [0.29, 0.717) is 10.6 Å². The predicted molar refractivity (Wildman–Crippen MR) is 103 cm³/mol. The molecule has 3 rings (SSSR count). The Morgan fingerprint density at radius 1 is 0.963 bits per heavy atom. The van der Waals surface area contributed by atoms with Gasteiger partial charge < -0.3 is 4.74 Å². The van der Waals surface area contributed by atoms with Gasteiger partial charge in [-0.25, -0.2) is 4.39 Å². The van der Waals surface area contributed by atoms with Crippen LogP contribution in [0.1, 0.15) is 16.7 Å². The third-order valence-electron chi connectivity index (χ3n) is 3.67. The summed E-state index contributed by atoms with van der Waals surface area (Å²) >= 11 is 7.41. The van der Waals surface area contributed by atoms with Gasteiger partial charge in [0.1, 0.15) is 17.9 Å². The molecule has 0 spiro atoms. The molecular formula is C21H12ClFN2OS. The van der Waals surface area contributed by atoms with Gasteiger partial charge in [0.25, 0.3) is 0 Å². The summed E-state index contributed by atoms with van der Waals surface area (Å²) in [6.45, 7) is 0. The minimum absolute atomic E-state index is 0.0889. The monoisotopic (exact) mass is 394 g/mol. The van der Waals surface area contributed by atoms with Gasteiger partial charge in [-0.3, -0.25) is 0 Å². The van der Waals surface area contributed by atoms with E-state index in [2.05, 4.69) is 0 Å². The van der Waals surface area contributed by atoms with Crippen LogP contribution in [0.5, 0.6) is 11.5 Å². The SMILES string of the molecule is N#Cc1ccc(Oc2c(F)cc(SCc3ccccc3)cc2C#N)cc1Cl. The maximum atomic E-state index is 14.6. The molecule has 0 aliphatic heterocycles. The van der Waals surface area contributed by atoms with Crippen molar-refractivity contribution in [3.05, 3.63) is 88.2 Å². The van der Waals surface area contributed by atoms with Crippen molar-refractivity contribution in [2.75, 3.05) is 0 Å². The van der Waals surface area contributed by atoms with Crippen LogP contribution in [0, 0.1) is 28.5 Å². The molecule has 27 heavy (non-hydrogen) atoms. The number of halogens is 2. The van der Waals surface area contributed by atoms with Crippen molar-refractivity contribution in [1.82, 2.24) is 0 Å². The van der Waals surface area contributed by atoms with E-state index in [9.17, 15) is 9.65 Å². The molecule has 0 radical (unpaired) electrons. The highest BCUT2D eigenvalue weighted by molar-refractivity contribution is 7.98. The molecule has 3 aromatic rings. The van der Waals surface area contributed by atoms with Gasteiger partial charge in [0.2, 0.25) is 0 Å². The van der Waals surface area contributed by atoms with Crippen LogP contribution in [0.2, 0.25) is 5.02 Å². The number of hydrogen-bond donors (Lipinski definition) is 0. The molecule has 0 aromatic heterocycles. The number of ether oxygens (including phenoxy) is 1. The van der Waals surface area contributed by atoms with E-state index < -0.39 is 5.82 Å². The Bertz CT molecular complexity index is 1060. The third-order valence-corrected chi connectivity index (χ3v) is 5.03. The molecule has 0 aliphatic carbocycles. The van der Waals surface area contributed by atoms with Crippen molar-refractivity contribution >= 4 is 23.4 Å². The summed E-state index contributed by atoms with van der Waals surface area (Å²) < 4.78 is 20.1. The van der Waals surface area contributed by atoms with Crippen molar-refractivity contribution in [3.63, 3.8) is 0 Å². The fourth-order valence-electron chi connectivity index (χ4n) is 2.35. The van der Waals surface area contributed by atoms with Gasteiger partial charge in [0.05, 0.1) is 16.1 Å². The van der Waals surface area contributed by atoms with Crippen LogP contribution >= 0.6 is 23.4 Å². The first kappa shape index (κ1) is 18.8. The van der Waals surface area contributed by atoms with Crippen molar-refractivity contribution < 1.29 is 9.13 Å². The van der Waals surface area contributed by atoms with E-state index in [4.69, 9.17) is 21.6 Å². The lowest BCUT2D eigenvalue weighted by atomic mass is 10.2. The van der Waals surface area contributed by atoms with E-state index in [1.54, 1.807) is 6.07 Å². The topological polar surface area (TPSA) is 56.8 Å². The normalized spacial score (nSPS) is 10.1. The Labute approximate surface area is 165 Å². The molecule has 0 fully saturated rings.